The number of piperidine rings is 1. The molecule has 2 heterocycles. The van der Waals surface area contributed by atoms with Crippen molar-refractivity contribution in [3.05, 3.63) is 65.7 Å². The molecule has 1 aliphatic rings. The number of thiazole rings is 1. The zero-order valence-corrected chi connectivity index (χ0v) is 19.4. The Morgan fingerprint density at radius 1 is 1.03 bits per heavy atom. The Labute approximate surface area is 194 Å². The molecule has 6 nitrogen and oxygen atoms in total. The van der Waals surface area contributed by atoms with Crippen molar-refractivity contribution in [3.8, 4) is 0 Å². The van der Waals surface area contributed by atoms with Gasteiger partial charge >= 0.3 is 0 Å². The molecule has 1 aliphatic heterocycles. The summed E-state index contributed by atoms with van der Waals surface area (Å²) in [5, 5.41) is 6.25. The van der Waals surface area contributed by atoms with Gasteiger partial charge in [-0.2, -0.15) is 4.31 Å². The number of sulfonamides is 1. The lowest BCUT2D eigenvalue weighted by Gasteiger charge is -2.30. The van der Waals surface area contributed by atoms with Gasteiger partial charge in [-0.1, -0.05) is 53.3 Å². The summed E-state index contributed by atoms with van der Waals surface area (Å²) in [5.74, 6) is -0.368. The van der Waals surface area contributed by atoms with Crippen LogP contribution in [0.4, 0.5) is 5.13 Å². The standard InChI is InChI=1S/C23H20ClN3O3S2/c24-17-6-8-18(9-7-17)32(29,30)27-13-11-16(12-14-27)22(28)26-23-25-20-10-5-15-3-1-2-4-19(15)21(20)31-23/h1-10,16H,11-14H2,(H,25,26,28). The molecule has 1 aromatic heterocycles. The van der Waals surface area contributed by atoms with Gasteiger partial charge in [-0.3, -0.25) is 4.79 Å². The molecule has 1 N–H and O–H groups in total. The fourth-order valence-electron chi connectivity index (χ4n) is 4.03. The van der Waals surface area contributed by atoms with Crippen LogP contribution >= 0.6 is 22.9 Å². The number of hydrogen-bond donors (Lipinski definition) is 1. The Morgan fingerprint density at radius 3 is 2.50 bits per heavy atom. The minimum Gasteiger partial charge on any atom is -0.302 e. The number of carbonyl (C=O) groups is 1. The zero-order chi connectivity index (χ0) is 22.3. The maximum absolute atomic E-state index is 12.8. The normalized spacial score (nSPS) is 15.9. The summed E-state index contributed by atoms with van der Waals surface area (Å²) in [5.41, 5.74) is 0.855. The number of hydrogen-bond acceptors (Lipinski definition) is 5. The predicted octanol–water partition coefficient (Wildman–Crippen LogP) is 5.14. The van der Waals surface area contributed by atoms with Gasteiger partial charge in [0, 0.05) is 29.4 Å². The van der Waals surface area contributed by atoms with Gasteiger partial charge in [-0.05, 0) is 48.6 Å². The molecular formula is C23H20ClN3O3S2. The molecule has 0 spiro atoms. The highest BCUT2D eigenvalue weighted by Gasteiger charge is 2.32. The third-order valence-electron chi connectivity index (χ3n) is 5.79. The Bertz CT molecular complexity index is 1410. The molecule has 0 saturated carbocycles. The molecule has 0 atom stereocenters. The molecular weight excluding hydrogens is 466 g/mol. The van der Waals surface area contributed by atoms with Crippen LogP contribution < -0.4 is 5.32 Å². The van der Waals surface area contributed by atoms with Crippen molar-refractivity contribution in [1.29, 1.82) is 0 Å². The molecule has 5 rings (SSSR count). The summed E-state index contributed by atoms with van der Waals surface area (Å²) in [6.45, 7) is 0.598. The van der Waals surface area contributed by atoms with Crippen molar-refractivity contribution >= 4 is 65.0 Å². The van der Waals surface area contributed by atoms with Crippen LogP contribution in [0, 0.1) is 5.92 Å². The topological polar surface area (TPSA) is 79.4 Å². The maximum Gasteiger partial charge on any atom is 0.243 e. The summed E-state index contributed by atoms with van der Waals surface area (Å²) in [7, 11) is -3.59. The summed E-state index contributed by atoms with van der Waals surface area (Å²) < 4.78 is 28.2. The van der Waals surface area contributed by atoms with Crippen molar-refractivity contribution in [1.82, 2.24) is 9.29 Å². The first-order chi connectivity index (χ1) is 15.4. The lowest BCUT2D eigenvalue weighted by molar-refractivity contribution is -0.120. The fourth-order valence-corrected chi connectivity index (χ4v) is 6.63. The van der Waals surface area contributed by atoms with E-state index >= 15 is 0 Å². The first-order valence-electron chi connectivity index (χ1n) is 10.3. The largest absolute Gasteiger partial charge is 0.302 e. The minimum absolute atomic E-state index is 0.114. The second-order valence-corrected chi connectivity index (χ2v) is 11.1. The lowest BCUT2D eigenvalue weighted by Crippen LogP contribution is -2.41. The second-order valence-electron chi connectivity index (χ2n) is 7.78. The van der Waals surface area contributed by atoms with Gasteiger partial charge < -0.3 is 5.32 Å². The van der Waals surface area contributed by atoms with Crippen molar-refractivity contribution in [2.75, 3.05) is 18.4 Å². The van der Waals surface area contributed by atoms with Gasteiger partial charge in [0.15, 0.2) is 5.13 Å². The smallest absolute Gasteiger partial charge is 0.243 e. The SMILES string of the molecule is O=C(Nc1nc2ccc3ccccc3c2s1)C1CCN(S(=O)(=O)c2ccc(Cl)cc2)CC1. The average molecular weight is 486 g/mol. The Kier molecular flexibility index (Phi) is 5.63. The van der Waals surface area contributed by atoms with Crippen molar-refractivity contribution < 1.29 is 13.2 Å². The van der Waals surface area contributed by atoms with Gasteiger partial charge in [0.2, 0.25) is 15.9 Å². The highest BCUT2D eigenvalue weighted by atomic mass is 35.5. The van der Waals surface area contributed by atoms with Crippen LogP contribution in [0.1, 0.15) is 12.8 Å². The number of halogens is 1. The number of anilines is 1. The van der Waals surface area contributed by atoms with Crippen molar-refractivity contribution in [3.63, 3.8) is 0 Å². The summed E-state index contributed by atoms with van der Waals surface area (Å²) in [6.07, 6.45) is 0.930. The van der Waals surface area contributed by atoms with Crippen LogP contribution in [-0.4, -0.2) is 36.7 Å². The van der Waals surface area contributed by atoms with Crippen LogP contribution in [0.15, 0.2) is 65.6 Å². The second kappa shape index (κ2) is 8.44. The first kappa shape index (κ1) is 21.3. The highest BCUT2D eigenvalue weighted by Crippen LogP contribution is 2.33. The maximum atomic E-state index is 12.8. The van der Waals surface area contributed by atoms with E-state index in [9.17, 15) is 13.2 Å². The third kappa shape index (κ3) is 3.99. The molecule has 3 aromatic carbocycles. The molecule has 0 radical (unpaired) electrons. The number of amides is 1. The number of carbonyl (C=O) groups excluding carboxylic acids is 1. The van der Waals surface area contributed by atoms with E-state index in [0.29, 0.717) is 36.1 Å². The Morgan fingerprint density at radius 2 is 1.75 bits per heavy atom. The quantitative estimate of drug-likeness (QED) is 0.434. The summed E-state index contributed by atoms with van der Waals surface area (Å²) in [4.78, 5) is 17.6. The number of fused-ring (bicyclic) bond motifs is 3. The molecule has 0 aliphatic carbocycles. The molecule has 32 heavy (non-hydrogen) atoms. The Hall–Kier alpha value is -2.52. The van der Waals surface area contributed by atoms with E-state index in [1.165, 1.54) is 27.8 Å². The number of benzene rings is 3. The van der Waals surface area contributed by atoms with E-state index in [1.807, 2.05) is 24.3 Å². The zero-order valence-electron chi connectivity index (χ0n) is 17.0. The molecule has 1 fully saturated rings. The number of rotatable bonds is 4. The summed E-state index contributed by atoms with van der Waals surface area (Å²) >= 11 is 7.33. The van der Waals surface area contributed by atoms with E-state index < -0.39 is 10.0 Å². The van der Waals surface area contributed by atoms with E-state index in [0.717, 1.165) is 21.0 Å². The number of nitrogens with one attached hydrogen (secondary N) is 1. The first-order valence-corrected chi connectivity index (χ1v) is 12.9. The van der Waals surface area contributed by atoms with Gasteiger partial charge in [0.1, 0.15) is 0 Å². The molecule has 0 unspecified atom stereocenters. The van der Waals surface area contributed by atoms with Gasteiger partial charge in [0.05, 0.1) is 15.1 Å². The molecule has 9 heteroatoms. The van der Waals surface area contributed by atoms with Gasteiger partial charge in [-0.25, -0.2) is 13.4 Å². The van der Waals surface area contributed by atoms with Crippen LogP contribution in [0.25, 0.3) is 21.0 Å². The van der Waals surface area contributed by atoms with Gasteiger partial charge in [-0.15, -0.1) is 0 Å². The van der Waals surface area contributed by atoms with E-state index in [-0.39, 0.29) is 16.7 Å². The van der Waals surface area contributed by atoms with Crippen LogP contribution in [0.2, 0.25) is 5.02 Å². The number of nitrogens with zero attached hydrogens (tertiary/aromatic N) is 2. The van der Waals surface area contributed by atoms with E-state index in [4.69, 9.17) is 11.6 Å². The van der Waals surface area contributed by atoms with Crippen molar-refractivity contribution in [2.45, 2.75) is 17.7 Å². The van der Waals surface area contributed by atoms with Crippen molar-refractivity contribution in [2.24, 2.45) is 5.92 Å². The highest BCUT2D eigenvalue weighted by molar-refractivity contribution is 7.89. The number of aromatic nitrogens is 1. The fraction of sp³-hybridized carbons (Fsp3) is 0.217. The van der Waals surface area contributed by atoms with E-state index in [1.54, 1.807) is 12.1 Å². The molecule has 1 amide bonds. The molecule has 0 bridgehead atoms. The van der Waals surface area contributed by atoms with Gasteiger partial charge in [0.25, 0.3) is 0 Å². The van der Waals surface area contributed by atoms with Crippen LogP contribution in [0.5, 0.6) is 0 Å². The predicted molar refractivity (Wildman–Crippen MR) is 129 cm³/mol. The summed E-state index contributed by atoms with van der Waals surface area (Å²) in [6, 6.07) is 18.2. The van der Waals surface area contributed by atoms with Crippen LogP contribution in [0.3, 0.4) is 0 Å². The van der Waals surface area contributed by atoms with Crippen LogP contribution in [-0.2, 0) is 14.8 Å². The minimum atomic E-state index is -3.59. The third-order valence-corrected chi connectivity index (χ3v) is 8.97. The molecule has 1 saturated heterocycles. The monoisotopic (exact) mass is 485 g/mol. The molecule has 164 valence electrons. The lowest BCUT2D eigenvalue weighted by atomic mass is 9.97. The van der Waals surface area contributed by atoms with E-state index in [2.05, 4.69) is 22.4 Å². The molecule has 4 aromatic rings. The Balaban J connectivity index is 1.27. The average Bonchev–Trinajstić information content (AvgIpc) is 3.22.